The van der Waals surface area contributed by atoms with Gasteiger partial charge in [-0.05, 0) is 43.2 Å². The maximum absolute atomic E-state index is 3.81. The highest BCUT2D eigenvalue weighted by Crippen LogP contribution is 2.46. The first kappa shape index (κ1) is 8.48. The summed E-state index contributed by atoms with van der Waals surface area (Å²) in [6.07, 6.45) is 7.66. The van der Waals surface area contributed by atoms with Gasteiger partial charge in [0.2, 0.25) is 0 Å². The largest absolute Gasteiger partial charge is 0.313 e. The standard InChI is InChI=1S/C11H20NSi/c1-2-8-3-4-10-9(5-7-13-10)11(8)12-6-1/h8-13H,1-7H2. The molecular formula is C11H20NSi. The molecule has 13 heavy (non-hydrogen) atoms. The van der Waals surface area contributed by atoms with Gasteiger partial charge in [-0.15, -0.1) is 0 Å². The lowest BCUT2D eigenvalue weighted by atomic mass is 9.72. The Kier molecular flexibility index (Phi) is 2.21. The molecule has 1 N–H and O–H groups in total. The van der Waals surface area contributed by atoms with Crippen LogP contribution in [0.4, 0.5) is 0 Å². The molecule has 0 aromatic rings. The summed E-state index contributed by atoms with van der Waals surface area (Å²) >= 11 is 0. The summed E-state index contributed by atoms with van der Waals surface area (Å²) in [4.78, 5) is 0. The van der Waals surface area contributed by atoms with E-state index in [0.29, 0.717) is 0 Å². The minimum absolute atomic E-state index is 0.833. The van der Waals surface area contributed by atoms with E-state index >= 15 is 0 Å². The quantitative estimate of drug-likeness (QED) is 0.580. The van der Waals surface area contributed by atoms with E-state index in [-0.39, 0.29) is 0 Å². The van der Waals surface area contributed by atoms with Crippen LogP contribution in [0.5, 0.6) is 0 Å². The Morgan fingerprint density at radius 1 is 1.08 bits per heavy atom. The van der Waals surface area contributed by atoms with Crippen molar-refractivity contribution in [3.05, 3.63) is 0 Å². The van der Waals surface area contributed by atoms with Crippen molar-refractivity contribution in [3.63, 3.8) is 0 Å². The number of nitrogens with one attached hydrogen (secondary N) is 1. The molecule has 0 aromatic carbocycles. The van der Waals surface area contributed by atoms with E-state index in [1.165, 1.54) is 24.9 Å². The molecule has 1 radical (unpaired) electrons. The fraction of sp³-hybridized carbons (Fsp3) is 1.00. The van der Waals surface area contributed by atoms with E-state index in [1.807, 2.05) is 0 Å². The minimum atomic E-state index is 0.833. The van der Waals surface area contributed by atoms with Gasteiger partial charge in [-0.25, -0.2) is 0 Å². The molecule has 1 aliphatic carbocycles. The van der Waals surface area contributed by atoms with E-state index in [0.717, 1.165) is 27.4 Å². The highest BCUT2D eigenvalue weighted by molar-refractivity contribution is 6.38. The third-order valence-electron chi connectivity index (χ3n) is 4.49. The summed E-state index contributed by atoms with van der Waals surface area (Å²) in [7, 11) is 0.833. The molecule has 3 aliphatic rings. The van der Waals surface area contributed by atoms with Crippen LogP contribution < -0.4 is 5.32 Å². The Bertz CT molecular complexity index is 195. The molecule has 3 fully saturated rings. The van der Waals surface area contributed by atoms with Crippen molar-refractivity contribution in [3.8, 4) is 0 Å². The van der Waals surface area contributed by atoms with Crippen molar-refractivity contribution >= 4 is 9.52 Å². The van der Waals surface area contributed by atoms with E-state index < -0.39 is 0 Å². The zero-order valence-corrected chi connectivity index (χ0v) is 9.49. The van der Waals surface area contributed by atoms with E-state index in [4.69, 9.17) is 0 Å². The average molecular weight is 194 g/mol. The van der Waals surface area contributed by atoms with Crippen LogP contribution in [0.3, 0.4) is 0 Å². The van der Waals surface area contributed by atoms with Crippen molar-refractivity contribution in [1.29, 1.82) is 0 Å². The molecule has 4 unspecified atom stereocenters. The zero-order valence-electron chi connectivity index (χ0n) is 8.34. The Morgan fingerprint density at radius 2 is 2.08 bits per heavy atom. The lowest BCUT2D eigenvalue weighted by molar-refractivity contribution is 0.151. The van der Waals surface area contributed by atoms with Crippen LogP contribution >= 0.6 is 0 Å². The topological polar surface area (TPSA) is 12.0 Å². The van der Waals surface area contributed by atoms with Crippen LogP contribution in [-0.2, 0) is 0 Å². The van der Waals surface area contributed by atoms with Crippen molar-refractivity contribution in [2.45, 2.75) is 49.7 Å². The van der Waals surface area contributed by atoms with Gasteiger partial charge in [0.05, 0.1) is 0 Å². The average Bonchev–Trinajstić information content (AvgIpc) is 2.65. The first-order valence-electron chi connectivity index (χ1n) is 6.02. The summed E-state index contributed by atoms with van der Waals surface area (Å²) in [5.74, 6) is 2.17. The van der Waals surface area contributed by atoms with Crippen molar-refractivity contribution in [1.82, 2.24) is 5.32 Å². The third-order valence-corrected chi connectivity index (χ3v) is 6.59. The molecule has 0 bridgehead atoms. The maximum Gasteiger partial charge on any atom is 0.0318 e. The molecule has 1 nitrogen and oxygen atoms in total. The molecular weight excluding hydrogens is 174 g/mol. The second kappa shape index (κ2) is 3.39. The number of piperidine rings is 1. The number of hydrogen-bond acceptors (Lipinski definition) is 1. The number of fused-ring (bicyclic) bond motifs is 3. The second-order valence-electron chi connectivity index (χ2n) is 5.10. The molecule has 2 saturated heterocycles. The summed E-state index contributed by atoms with van der Waals surface area (Å²) in [6, 6.07) is 2.54. The normalized spacial score (nSPS) is 49.8. The fourth-order valence-corrected chi connectivity index (χ4v) is 6.10. The van der Waals surface area contributed by atoms with Crippen LogP contribution in [0.1, 0.15) is 32.1 Å². The van der Waals surface area contributed by atoms with Crippen molar-refractivity contribution < 1.29 is 0 Å². The van der Waals surface area contributed by atoms with Gasteiger partial charge >= 0.3 is 0 Å². The van der Waals surface area contributed by atoms with Gasteiger partial charge in [-0.3, -0.25) is 0 Å². The fourth-order valence-electron chi connectivity index (χ4n) is 3.88. The predicted octanol–water partition coefficient (Wildman–Crippen LogP) is 1.81. The van der Waals surface area contributed by atoms with Gasteiger partial charge in [0.15, 0.2) is 0 Å². The summed E-state index contributed by atoms with van der Waals surface area (Å²) in [5, 5.41) is 3.81. The lowest BCUT2D eigenvalue weighted by Crippen LogP contribution is -2.49. The first-order valence-corrected chi connectivity index (χ1v) is 7.50. The SMILES string of the molecule is C1CNC2C(C1)CCC1[SiH]CCC12. The molecule has 0 spiro atoms. The zero-order chi connectivity index (χ0) is 8.67. The molecule has 0 amide bonds. The van der Waals surface area contributed by atoms with Gasteiger partial charge in [0.25, 0.3) is 0 Å². The van der Waals surface area contributed by atoms with E-state index in [2.05, 4.69) is 5.32 Å². The first-order chi connectivity index (χ1) is 6.45. The summed E-state index contributed by atoms with van der Waals surface area (Å²) in [6.45, 7) is 1.31. The summed E-state index contributed by atoms with van der Waals surface area (Å²) in [5.41, 5.74) is 1.19. The Hall–Kier alpha value is 0.177. The van der Waals surface area contributed by atoms with Gasteiger partial charge in [0, 0.05) is 15.6 Å². The van der Waals surface area contributed by atoms with Gasteiger partial charge in [-0.2, -0.15) is 0 Å². The smallest absolute Gasteiger partial charge is 0.0318 e. The molecule has 73 valence electrons. The van der Waals surface area contributed by atoms with Crippen LogP contribution in [-0.4, -0.2) is 22.1 Å². The Balaban J connectivity index is 1.77. The van der Waals surface area contributed by atoms with Gasteiger partial charge < -0.3 is 5.32 Å². The lowest BCUT2D eigenvalue weighted by Gasteiger charge is -2.43. The Morgan fingerprint density at radius 3 is 3.08 bits per heavy atom. The summed E-state index contributed by atoms with van der Waals surface area (Å²) < 4.78 is 0. The number of hydrogen-bond donors (Lipinski definition) is 1. The molecule has 1 saturated carbocycles. The number of rotatable bonds is 0. The van der Waals surface area contributed by atoms with E-state index in [9.17, 15) is 0 Å². The molecule has 4 atom stereocenters. The maximum atomic E-state index is 3.81. The molecule has 3 rings (SSSR count). The molecule has 2 heterocycles. The molecule has 0 aromatic heterocycles. The predicted molar refractivity (Wildman–Crippen MR) is 57.6 cm³/mol. The van der Waals surface area contributed by atoms with Crippen LogP contribution in [0, 0.1) is 11.8 Å². The molecule has 2 aliphatic heterocycles. The van der Waals surface area contributed by atoms with Gasteiger partial charge in [0.1, 0.15) is 0 Å². The van der Waals surface area contributed by atoms with Crippen molar-refractivity contribution in [2.75, 3.05) is 6.54 Å². The van der Waals surface area contributed by atoms with Crippen LogP contribution in [0.25, 0.3) is 0 Å². The highest BCUT2D eigenvalue weighted by Gasteiger charge is 2.42. The monoisotopic (exact) mass is 194 g/mol. The second-order valence-corrected chi connectivity index (χ2v) is 7.01. The van der Waals surface area contributed by atoms with Crippen LogP contribution in [0.15, 0.2) is 0 Å². The molecule has 2 heteroatoms. The minimum Gasteiger partial charge on any atom is -0.313 e. The van der Waals surface area contributed by atoms with E-state index in [1.54, 1.807) is 25.3 Å². The third kappa shape index (κ3) is 1.38. The van der Waals surface area contributed by atoms with Gasteiger partial charge in [-0.1, -0.05) is 18.9 Å². The van der Waals surface area contributed by atoms with Crippen molar-refractivity contribution in [2.24, 2.45) is 11.8 Å². The van der Waals surface area contributed by atoms with Crippen LogP contribution in [0.2, 0.25) is 11.6 Å². The highest BCUT2D eigenvalue weighted by atomic mass is 28.2. The Labute approximate surface area is 83.5 Å².